The van der Waals surface area contributed by atoms with Crippen LogP contribution in [0.5, 0.6) is 0 Å². The fourth-order valence-corrected chi connectivity index (χ4v) is 1.65. The molecule has 1 amide bonds. The Labute approximate surface area is 107 Å². The average molecular weight is 249 g/mol. The molecule has 4 nitrogen and oxygen atoms in total. The molecule has 0 aliphatic heterocycles. The molecule has 0 saturated carbocycles. The average Bonchev–Trinajstić information content (AvgIpc) is 2.27. The summed E-state index contributed by atoms with van der Waals surface area (Å²) in [6.07, 6.45) is 2.11. The van der Waals surface area contributed by atoms with Gasteiger partial charge in [-0.1, -0.05) is 12.1 Å². The molecule has 4 heteroatoms. The standard InChI is InChI=1S/C14H19NO3/c1-11(17)15-13-5-3-12(4-6-13)7-8-14(2,18)9-10-16/h3-6,10,18H,7-9H2,1-2H3,(H,15,17)/t14-/m1/s1. The highest BCUT2D eigenvalue weighted by molar-refractivity contribution is 5.88. The second-order valence-corrected chi connectivity index (χ2v) is 4.75. The maximum absolute atomic E-state index is 10.8. The maximum atomic E-state index is 10.8. The Morgan fingerprint density at radius 3 is 2.50 bits per heavy atom. The van der Waals surface area contributed by atoms with Crippen LogP contribution in [0.2, 0.25) is 0 Å². The van der Waals surface area contributed by atoms with Crippen molar-refractivity contribution < 1.29 is 14.7 Å². The minimum absolute atomic E-state index is 0.100. The van der Waals surface area contributed by atoms with Crippen LogP contribution in [0.25, 0.3) is 0 Å². The minimum atomic E-state index is -0.946. The van der Waals surface area contributed by atoms with E-state index in [-0.39, 0.29) is 12.3 Å². The summed E-state index contributed by atoms with van der Waals surface area (Å²) in [5.74, 6) is -0.100. The van der Waals surface area contributed by atoms with E-state index in [4.69, 9.17) is 0 Å². The van der Waals surface area contributed by atoms with Crippen LogP contribution in [0.1, 0.15) is 32.3 Å². The lowest BCUT2D eigenvalue weighted by Crippen LogP contribution is -2.25. The maximum Gasteiger partial charge on any atom is 0.221 e. The molecule has 0 radical (unpaired) electrons. The van der Waals surface area contributed by atoms with Crippen molar-refractivity contribution in [2.24, 2.45) is 0 Å². The molecule has 0 unspecified atom stereocenters. The van der Waals surface area contributed by atoms with Crippen molar-refractivity contribution in [2.45, 2.75) is 38.7 Å². The molecule has 2 N–H and O–H groups in total. The van der Waals surface area contributed by atoms with Gasteiger partial charge < -0.3 is 15.2 Å². The number of carbonyl (C=O) groups is 2. The lowest BCUT2D eigenvalue weighted by atomic mass is 9.94. The first-order valence-corrected chi connectivity index (χ1v) is 5.95. The lowest BCUT2D eigenvalue weighted by molar-refractivity contribution is -0.114. The third-order valence-corrected chi connectivity index (χ3v) is 2.75. The normalized spacial score (nSPS) is 13.7. The number of aldehydes is 1. The zero-order valence-electron chi connectivity index (χ0n) is 10.8. The summed E-state index contributed by atoms with van der Waals surface area (Å²) in [5.41, 5.74) is 0.874. The number of benzene rings is 1. The summed E-state index contributed by atoms with van der Waals surface area (Å²) in [5, 5.41) is 12.6. The van der Waals surface area contributed by atoms with E-state index in [1.54, 1.807) is 6.92 Å². The van der Waals surface area contributed by atoms with Crippen molar-refractivity contribution in [1.29, 1.82) is 0 Å². The lowest BCUT2D eigenvalue weighted by Gasteiger charge is -2.20. The molecule has 1 rings (SSSR count). The van der Waals surface area contributed by atoms with E-state index in [0.717, 1.165) is 17.5 Å². The fourth-order valence-electron chi connectivity index (χ4n) is 1.65. The molecule has 1 atom stereocenters. The Bertz CT molecular complexity index is 410. The van der Waals surface area contributed by atoms with Gasteiger partial charge in [0, 0.05) is 19.0 Å². The van der Waals surface area contributed by atoms with Gasteiger partial charge in [0.05, 0.1) is 5.60 Å². The van der Waals surface area contributed by atoms with Crippen molar-refractivity contribution in [2.75, 3.05) is 5.32 Å². The zero-order chi connectivity index (χ0) is 13.6. The molecule has 0 fully saturated rings. The number of carbonyl (C=O) groups excluding carboxylic acids is 2. The molecule has 1 aromatic rings. The highest BCUT2D eigenvalue weighted by atomic mass is 16.3. The first kappa shape index (κ1) is 14.4. The number of anilines is 1. The summed E-state index contributed by atoms with van der Waals surface area (Å²) >= 11 is 0. The molecule has 98 valence electrons. The number of hydrogen-bond donors (Lipinski definition) is 2. The van der Waals surface area contributed by atoms with Gasteiger partial charge in [0.1, 0.15) is 6.29 Å². The minimum Gasteiger partial charge on any atom is -0.390 e. The van der Waals surface area contributed by atoms with Crippen molar-refractivity contribution in [3.63, 3.8) is 0 Å². The molecule has 0 aliphatic carbocycles. The van der Waals surface area contributed by atoms with Crippen molar-refractivity contribution in [3.05, 3.63) is 29.8 Å². The number of aliphatic hydroxyl groups is 1. The Kier molecular flexibility index (Phi) is 5.04. The zero-order valence-corrected chi connectivity index (χ0v) is 10.8. The van der Waals surface area contributed by atoms with E-state index in [9.17, 15) is 14.7 Å². The van der Waals surface area contributed by atoms with Gasteiger partial charge in [0.2, 0.25) is 5.91 Å². The van der Waals surface area contributed by atoms with Gasteiger partial charge in [-0.25, -0.2) is 0 Å². The topological polar surface area (TPSA) is 66.4 Å². The van der Waals surface area contributed by atoms with Gasteiger partial charge in [-0.05, 0) is 37.5 Å². The third kappa shape index (κ3) is 5.10. The van der Waals surface area contributed by atoms with E-state index < -0.39 is 5.60 Å². The molecule has 18 heavy (non-hydrogen) atoms. The number of rotatable bonds is 6. The van der Waals surface area contributed by atoms with E-state index in [1.165, 1.54) is 6.92 Å². The van der Waals surface area contributed by atoms with Gasteiger partial charge in [-0.3, -0.25) is 4.79 Å². The SMILES string of the molecule is CC(=O)Nc1ccc(CC[C@@](C)(O)CC=O)cc1. The quantitative estimate of drug-likeness (QED) is 0.757. The fraction of sp³-hybridized carbons (Fsp3) is 0.429. The number of hydrogen-bond acceptors (Lipinski definition) is 3. The van der Waals surface area contributed by atoms with Crippen LogP contribution >= 0.6 is 0 Å². The van der Waals surface area contributed by atoms with Gasteiger partial charge in [0.15, 0.2) is 0 Å². The van der Waals surface area contributed by atoms with Crippen LogP contribution in [0.4, 0.5) is 5.69 Å². The number of aryl methyl sites for hydroxylation is 1. The Balaban J connectivity index is 2.53. The summed E-state index contributed by atoms with van der Waals surface area (Å²) < 4.78 is 0. The van der Waals surface area contributed by atoms with Gasteiger partial charge in [-0.15, -0.1) is 0 Å². The van der Waals surface area contributed by atoms with E-state index in [0.29, 0.717) is 12.8 Å². The first-order valence-electron chi connectivity index (χ1n) is 5.95. The van der Waals surface area contributed by atoms with E-state index in [1.807, 2.05) is 24.3 Å². The predicted octanol–water partition coefficient (Wildman–Crippen LogP) is 1.92. The van der Waals surface area contributed by atoms with Crippen LogP contribution in [0.15, 0.2) is 24.3 Å². The van der Waals surface area contributed by atoms with Crippen LogP contribution in [0.3, 0.4) is 0 Å². The van der Waals surface area contributed by atoms with E-state index in [2.05, 4.69) is 5.32 Å². The van der Waals surface area contributed by atoms with Crippen molar-refractivity contribution in [1.82, 2.24) is 0 Å². The smallest absolute Gasteiger partial charge is 0.221 e. The second-order valence-electron chi connectivity index (χ2n) is 4.75. The predicted molar refractivity (Wildman–Crippen MR) is 70.4 cm³/mol. The Morgan fingerprint density at radius 1 is 1.39 bits per heavy atom. The molecule has 0 saturated heterocycles. The molecular weight excluding hydrogens is 230 g/mol. The monoisotopic (exact) mass is 249 g/mol. The highest BCUT2D eigenvalue weighted by Crippen LogP contribution is 2.18. The molecule has 0 aliphatic rings. The summed E-state index contributed by atoms with van der Waals surface area (Å²) in [7, 11) is 0. The van der Waals surface area contributed by atoms with Crippen LogP contribution in [-0.4, -0.2) is 22.9 Å². The largest absolute Gasteiger partial charge is 0.390 e. The molecule has 1 aromatic carbocycles. The van der Waals surface area contributed by atoms with Crippen molar-refractivity contribution >= 4 is 17.9 Å². The van der Waals surface area contributed by atoms with Crippen LogP contribution in [-0.2, 0) is 16.0 Å². The number of amides is 1. The summed E-state index contributed by atoms with van der Waals surface area (Å²) in [6, 6.07) is 7.46. The van der Waals surface area contributed by atoms with Crippen LogP contribution < -0.4 is 5.32 Å². The highest BCUT2D eigenvalue weighted by Gasteiger charge is 2.19. The Hall–Kier alpha value is -1.68. The third-order valence-electron chi connectivity index (χ3n) is 2.75. The molecule has 0 spiro atoms. The van der Waals surface area contributed by atoms with Gasteiger partial charge in [-0.2, -0.15) is 0 Å². The second kappa shape index (κ2) is 6.31. The van der Waals surface area contributed by atoms with E-state index >= 15 is 0 Å². The molecular formula is C14H19NO3. The summed E-state index contributed by atoms with van der Waals surface area (Å²) in [4.78, 5) is 21.2. The molecule has 0 bridgehead atoms. The van der Waals surface area contributed by atoms with Crippen molar-refractivity contribution in [3.8, 4) is 0 Å². The molecule has 0 aromatic heterocycles. The number of nitrogens with one attached hydrogen (secondary N) is 1. The summed E-state index contributed by atoms with van der Waals surface area (Å²) in [6.45, 7) is 3.12. The molecule has 0 heterocycles. The Morgan fingerprint density at radius 2 is 2.00 bits per heavy atom. The van der Waals surface area contributed by atoms with Gasteiger partial charge in [0.25, 0.3) is 0 Å². The first-order chi connectivity index (χ1) is 8.43. The van der Waals surface area contributed by atoms with Crippen LogP contribution in [0, 0.1) is 0 Å². The van der Waals surface area contributed by atoms with Gasteiger partial charge >= 0.3 is 0 Å².